The molecule has 0 aliphatic carbocycles. The number of carbonyl (C=O) groups is 2. The van der Waals surface area contributed by atoms with Gasteiger partial charge in [0.1, 0.15) is 12.2 Å². The summed E-state index contributed by atoms with van der Waals surface area (Å²) in [7, 11) is -4.28. The van der Waals surface area contributed by atoms with Crippen molar-refractivity contribution in [2.45, 2.75) is 31.1 Å². The smallest absolute Gasteiger partial charge is 0.326 e. The fourth-order valence-electron chi connectivity index (χ4n) is 4.09. The molecule has 1 aliphatic heterocycles. The lowest BCUT2D eigenvalue weighted by atomic mass is 10.1. The predicted octanol–water partition coefficient (Wildman–Crippen LogP) is 4.76. The van der Waals surface area contributed by atoms with E-state index in [0.717, 1.165) is 10.7 Å². The van der Waals surface area contributed by atoms with Crippen LogP contribution in [0.3, 0.4) is 0 Å². The van der Waals surface area contributed by atoms with Crippen molar-refractivity contribution in [3.63, 3.8) is 0 Å². The maximum absolute atomic E-state index is 13.7. The van der Waals surface area contributed by atoms with Gasteiger partial charge < -0.3 is 15.3 Å². The number of hydrogen-bond donors (Lipinski definition) is 1. The molecule has 39 heavy (non-hydrogen) atoms. The predicted molar refractivity (Wildman–Crippen MR) is 149 cm³/mol. The van der Waals surface area contributed by atoms with Crippen LogP contribution in [0.25, 0.3) is 0 Å². The van der Waals surface area contributed by atoms with Gasteiger partial charge in [0, 0.05) is 28.3 Å². The van der Waals surface area contributed by atoms with Gasteiger partial charge in [-0.2, -0.15) is 4.73 Å². The SMILES string of the molecule is CCCCOC(=O)CN(c1ccc2c(c1)CCN2C(=O)Nc1ccc[n+]([O-])c1)S(=O)(=O)c1cc(Cl)cc(Cl)c1. The standard InChI is InChI=1S/C26H26Cl2N4O6S/c1-2-3-11-38-25(33)17-32(39(36,37)23-14-19(27)13-20(28)15-23)22-6-7-24-18(12-22)8-10-31(24)26(34)29-21-5-4-9-30(35)16-21/h4-7,9,12-16H,2-3,8,10-11,17H2,1H3,(H,29,34). The van der Waals surface area contributed by atoms with Crippen molar-refractivity contribution in [2.24, 2.45) is 0 Å². The summed E-state index contributed by atoms with van der Waals surface area (Å²) in [5.41, 5.74) is 1.84. The average molecular weight is 593 g/mol. The molecule has 1 aliphatic rings. The van der Waals surface area contributed by atoms with E-state index in [1.54, 1.807) is 18.2 Å². The van der Waals surface area contributed by atoms with Crippen LogP contribution in [0, 0.1) is 5.21 Å². The number of rotatable bonds is 9. The molecule has 0 saturated heterocycles. The lowest BCUT2D eigenvalue weighted by Gasteiger charge is -2.25. The number of amides is 2. The number of ether oxygens (including phenoxy) is 1. The van der Waals surface area contributed by atoms with Gasteiger partial charge in [-0.3, -0.25) is 14.0 Å². The summed E-state index contributed by atoms with van der Waals surface area (Å²) in [5, 5.41) is 14.5. The fourth-order valence-corrected chi connectivity index (χ4v) is 6.21. The zero-order valence-corrected chi connectivity index (χ0v) is 23.3. The zero-order chi connectivity index (χ0) is 28.2. The number of benzene rings is 2. The van der Waals surface area contributed by atoms with E-state index in [0.29, 0.717) is 41.1 Å². The van der Waals surface area contributed by atoms with Crippen molar-refractivity contribution in [1.29, 1.82) is 0 Å². The number of anilines is 3. The molecule has 0 saturated carbocycles. The zero-order valence-electron chi connectivity index (χ0n) is 21.0. The highest BCUT2D eigenvalue weighted by molar-refractivity contribution is 7.92. The van der Waals surface area contributed by atoms with Crippen LogP contribution in [0.1, 0.15) is 25.3 Å². The number of sulfonamides is 1. The second-order valence-corrected chi connectivity index (χ2v) is 11.5. The summed E-state index contributed by atoms with van der Waals surface area (Å²) < 4.78 is 34.2. The lowest BCUT2D eigenvalue weighted by molar-refractivity contribution is -0.604. The maximum atomic E-state index is 13.7. The molecule has 2 amide bonds. The molecule has 0 unspecified atom stereocenters. The first kappa shape index (κ1) is 28.5. The Morgan fingerprint density at radius 2 is 1.90 bits per heavy atom. The molecule has 0 atom stereocenters. The Labute approximate surface area is 236 Å². The van der Waals surface area contributed by atoms with E-state index in [2.05, 4.69) is 5.32 Å². The molecule has 206 valence electrons. The number of carbonyl (C=O) groups excluding carboxylic acids is 2. The van der Waals surface area contributed by atoms with Crippen LogP contribution in [0.4, 0.5) is 21.9 Å². The number of halogens is 2. The van der Waals surface area contributed by atoms with E-state index in [9.17, 15) is 23.2 Å². The molecule has 13 heteroatoms. The van der Waals surface area contributed by atoms with Crippen LogP contribution in [-0.2, 0) is 26.0 Å². The molecular weight excluding hydrogens is 567 g/mol. The highest BCUT2D eigenvalue weighted by Gasteiger charge is 2.31. The summed E-state index contributed by atoms with van der Waals surface area (Å²) in [6, 6.07) is 11.4. The Bertz CT molecular complexity index is 1480. The number of unbranched alkanes of at least 4 members (excludes halogenated alkanes) is 1. The van der Waals surface area contributed by atoms with E-state index in [4.69, 9.17) is 27.9 Å². The van der Waals surface area contributed by atoms with E-state index in [-0.39, 0.29) is 27.2 Å². The Kier molecular flexibility index (Phi) is 8.83. The van der Waals surface area contributed by atoms with E-state index in [1.807, 2.05) is 6.92 Å². The third-order valence-electron chi connectivity index (χ3n) is 5.98. The minimum Gasteiger partial charge on any atom is -0.619 e. The quantitative estimate of drug-likeness (QED) is 0.165. The maximum Gasteiger partial charge on any atom is 0.326 e. The van der Waals surface area contributed by atoms with Gasteiger partial charge in [-0.15, -0.1) is 0 Å². The molecule has 3 aromatic rings. The van der Waals surface area contributed by atoms with Crippen molar-refractivity contribution >= 4 is 62.3 Å². The molecule has 10 nitrogen and oxygen atoms in total. The number of nitrogens with one attached hydrogen (secondary N) is 1. The first-order valence-electron chi connectivity index (χ1n) is 12.1. The average Bonchev–Trinajstić information content (AvgIpc) is 3.30. The minimum atomic E-state index is -4.28. The van der Waals surface area contributed by atoms with Crippen molar-refractivity contribution in [2.75, 3.05) is 34.2 Å². The van der Waals surface area contributed by atoms with Crippen LogP contribution < -0.4 is 19.3 Å². The van der Waals surface area contributed by atoms with E-state index >= 15 is 0 Å². The highest BCUT2D eigenvalue weighted by atomic mass is 35.5. The molecule has 0 radical (unpaired) electrons. The molecule has 1 aromatic heterocycles. The van der Waals surface area contributed by atoms with Gasteiger partial charge in [0.15, 0.2) is 6.20 Å². The third-order valence-corrected chi connectivity index (χ3v) is 8.16. The summed E-state index contributed by atoms with van der Waals surface area (Å²) in [6.07, 6.45) is 4.45. The van der Waals surface area contributed by atoms with Gasteiger partial charge in [0.05, 0.1) is 17.2 Å². The first-order chi connectivity index (χ1) is 18.6. The largest absolute Gasteiger partial charge is 0.619 e. The first-order valence-corrected chi connectivity index (χ1v) is 14.3. The Hall–Kier alpha value is -3.54. The van der Waals surface area contributed by atoms with Crippen LogP contribution >= 0.6 is 23.2 Å². The van der Waals surface area contributed by atoms with Crippen molar-refractivity contribution in [1.82, 2.24) is 0 Å². The Morgan fingerprint density at radius 3 is 2.59 bits per heavy atom. The van der Waals surface area contributed by atoms with Crippen LogP contribution in [0.5, 0.6) is 0 Å². The van der Waals surface area contributed by atoms with Crippen LogP contribution in [0.15, 0.2) is 65.8 Å². The number of aromatic nitrogens is 1. The normalized spacial score (nSPS) is 12.6. The van der Waals surface area contributed by atoms with Crippen molar-refractivity contribution in [3.05, 3.63) is 81.7 Å². The molecule has 0 spiro atoms. The number of esters is 1. The Balaban J connectivity index is 1.64. The Morgan fingerprint density at radius 1 is 1.15 bits per heavy atom. The number of nitrogens with zero attached hydrogens (tertiary/aromatic N) is 3. The van der Waals surface area contributed by atoms with Gasteiger partial charge in [0.25, 0.3) is 10.0 Å². The molecule has 2 heterocycles. The van der Waals surface area contributed by atoms with E-state index < -0.39 is 28.6 Å². The molecule has 1 N–H and O–H groups in total. The van der Waals surface area contributed by atoms with Gasteiger partial charge >= 0.3 is 12.0 Å². The highest BCUT2D eigenvalue weighted by Crippen LogP contribution is 2.35. The van der Waals surface area contributed by atoms with Crippen molar-refractivity contribution in [3.8, 4) is 0 Å². The van der Waals surface area contributed by atoms with Crippen LogP contribution in [0.2, 0.25) is 10.0 Å². The number of fused-ring (bicyclic) bond motifs is 1. The third kappa shape index (κ3) is 6.73. The van der Waals surface area contributed by atoms with Gasteiger partial charge in [-0.25, -0.2) is 13.2 Å². The molecule has 0 bridgehead atoms. The number of urea groups is 1. The number of pyridine rings is 1. The van der Waals surface area contributed by atoms with Crippen molar-refractivity contribution < 1.29 is 27.5 Å². The lowest BCUT2D eigenvalue weighted by Crippen LogP contribution is -2.37. The minimum absolute atomic E-state index is 0.128. The molecular formula is C26H26Cl2N4O6S. The van der Waals surface area contributed by atoms with E-state index in [1.165, 1.54) is 47.6 Å². The monoisotopic (exact) mass is 592 g/mol. The molecule has 0 fully saturated rings. The summed E-state index contributed by atoms with van der Waals surface area (Å²) in [6.45, 7) is 1.89. The van der Waals surface area contributed by atoms with Gasteiger partial charge in [0.2, 0.25) is 6.20 Å². The number of hydrogen-bond acceptors (Lipinski definition) is 6. The topological polar surface area (TPSA) is 123 Å². The second kappa shape index (κ2) is 12.1. The fraction of sp³-hybridized carbons (Fsp3) is 0.269. The molecule has 2 aromatic carbocycles. The summed E-state index contributed by atoms with van der Waals surface area (Å²) in [5.74, 6) is -0.708. The van der Waals surface area contributed by atoms with Crippen LogP contribution in [-0.4, -0.2) is 40.1 Å². The second-order valence-electron chi connectivity index (χ2n) is 8.79. The summed E-state index contributed by atoms with van der Waals surface area (Å²) in [4.78, 5) is 26.8. The van der Waals surface area contributed by atoms with Gasteiger partial charge in [-0.05, 0) is 60.9 Å². The van der Waals surface area contributed by atoms with Gasteiger partial charge in [-0.1, -0.05) is 36.5 Å². The summed E-state index contributed by atoms with van der Waals surface area (Å²) >= 11 is 12.1. The molecule has 4 rings (SSSR count).